The van der Waals surface area contributed by atoms with Crippen LogP contribution in [0.25, 0.3) is 0 Å². The highest BCUT2D eigenvalue weighted by Crippen LogP contribution is 2.02. The number of amides is 1. The SMILES string of the molecule is CC(Cc1ccccc1)NC(=O)CS. The maximum Gasteiger partial charge on any atom is 0.229 e. The average molecular weight is 209 g/mol. The molecular formula is C11H15NOS. The average Bonchev–Trinajstić information content (AvgIpc) is 2.19. The van der Waals surface area contributed by atoms with Gasteiger partial charge in [0.1, 0.15) is 0 Å². The molecule has 2 nitrogen and oxygen atoms in total. The fourth-order valence-corrected chi connectivity index (χ4v) is 1.43. The summed E-state index contributed by atoms with van der Waals surface area (Å²) in [6.45, 7) is 1.99. The monoisotopic (exact) mass is 209 g/mol. The van der Waals surface area contributed by atoms with Gasteiger partial charge in [0.05, 0.1) is 5.75 Å². The normalized spacial score (nSPS) is 12.1. The third-order valence-corrected chi connectivity index (χ3v) is 2.22. The Balaban J connectivity index is 2.41. The molecule has 1 amide bonds. The third kappa shape index (κ3) is 3.83. The first-order valence-corrected chi connectivity index (χ1v) is 5.29. The second-order valence-electron chi connectivity index (χ2n) is 3.32. The molecule has 1 aromatic carbocycles. The summed E-state index contributed by atoms with van der Waals surface area (Å²) >= 11 is 3.90. The van der Waals surface area contributed by atoms with Gasteiger partial charge in [0.2, 0.25) is 5.91 Å². The molecule has 0 heterocycles. The largest absolute Gasteiger partial charge is 0.353 e. The first kappa shape index (κ1) is 11.1. The molecule has 0 fully saturated rings. The molecule has 0 aliphatic carbocycles. The summed E-state index contributed by atoms with van der Waals surface area (Å²) in [6.07, 6.45) is 0.861. The van der Waals surface area contributed by atoms with Gasteiger partial charge in [0.25, 0.3) is 0 Å². The third-order valence-electron chi connectivity index (χ3n) is 1.94. The minimum atomic E-state index is -0.0169. The summed E-state index contributed by atoms with van der Waals surface area (Å²) < 4.78 is 0. The van der Waals surface area contributed by atoms with Crippen molar-refractivity contribution >= 4 is 18.5 Å². The van der Waals surface area contributed by atoms with Gasteiger partial charge in [-0.2, -0.15) is 12.6 Å². The van der Waals surface area contributed by atoms with E-state index in [1.165, 1.54) is 5.56 Å². The van der Waals surface area contributed by atoms with Crippen LogP contribution in [0.3, 0.4) is 0 Å². The van der Waals surface area contributed by atoms with Crippen LogP contribution < -0.4 is 5.32 Å². The van der Waals surface area contributed by atoms with Crippen LogP contribution in [0.5, 0.6) is 0 Å². The van der Waals surface area contributed by atoms with Gasteiger partial charge in [-0.3, -0.25) is 4.79 Å². The molecule has 0 aliphatic rings. The molecule has 1 rings (SSSR count). The lowest BCUT2D eigenvalue weighted by Crippen LogP contribution is -2.34. The molecule has 1 atom stereocenters. The van der Waals surface area contributed by atoms with E-state index in [0.717, 1.165) is 6.42 Å². The van der Waals surface area contributed by atoms with E-state index < -0.39 is 0 Å². The summed E-state index contributed by atoms with van der Waals surface area (Å²) in [5.74, 6) is 0.232. The van der Waals surface area contributed by atoms with E-state index in [4.69, 9.17) is 0 Å². The zero-order valence-electron chi connectivity index (χ0n) is 8.23. The van der Waals surface area contributed by atoms with Crippen LogP contribution in [0.15, 0.2) is 30.3 Å². The van der Waals surface area contributed by atoms with E-state index in [0.29, 0.717) is 0 Å². The number of rotatable bonds is 4. The summed E-state index contributed by atoms with van der Waals surface area (Å²) in [5, 5.41) is 2.86. The molecule has 0 spiro atoms. The van der Waals surface area contributed by atoms with Crippen LogP contribution in [0, 0.1) is 0 Å². The van der Waals surface area contributed by atoms with Crippen molar-refractivity contribution in [3.8, 4) is 0 Å². The lowest BCUT2D eigenvalue weighted by atomic mass is 10.1. The van der Waals surface area contributed by atoms with E-state index in [9.17, 15) is 4.79 Å². The van der Waals surface area contributed by atoms with E-state index in [-0.39, 0.29) is 17.7 Å². The first-order valence-electron chi connectivity index (χ1n) is 4.66. The zero-order valence-corrected chi connectivity index (χ0v) is 9.13. The van der Waals surface area contributed by atoms with Gasteiger partial charge in [-0.15, -0.1) is 0 Å². The minimum Gasteiger partial charge on any atom is -0.353 e. The fraction of sp³-hybridized carbons (Fsp3) is 0.364. The Morgan fingerprint density at radius 3 is 2.64 bits per heavy atom. The number of thiol groups is 1. The van der Waals surface area contributed by atoms with Gasteiger partial charge in [0, 0.05) is 6.04 Å². The van der Waals surface area contributed by atoms with E-state index in [1.807, 2.05) is 25.1 Å². The molecule has 1 unspecified atom stereocenters. The number of hydrogen-bond donors (Lipinski definition) is 2. The van der Waals surface area contributed by atoms with Crippen molar-refractivity contribution in [1.82, 2.24) is 5.32 Å². The van der Waals surface area contributed by atoms with Crippen LogP contribution in [-0.2, 0) is 11.2 Å². The van der Waals surface area contributed by atoms with Gasteiger partial charge in [0.15, 0.2) is 0 Å². The topological polar surface area (TPSA) is 29.1 Å². The molecule has 3 heteroatoms. The lowest BCUT2D eigenvalue weighted by molar-refractivity contribution is -0.119. The smallest absolute Gasteiger partial charge is 0.229 e. The predicted octanol–water partition coefficient (Wildman–Crippen LogP) is 1.66. The number of hydrogen-bond acceptors (Lipinski definition) is 2. The Kier molecular flexibility index (Phi) is 4.53. The highest BCUT2D eigenvalue weighted by Gasteiger charge is 2.05. The molecule has 0 saturated heterocycles. The molecule has 1 aromatic rings. The van der Waals surface area contributed by atoms with Crippen LogP contribution >= 0.6 is 12.6 Å². The standard InChI is InChI=1S/C11H15NOS/c1-9(12-11(13)8-14)7-10-5-3-2-4-6-10/h2-6,9,14H,7-8H2,1H3,(H,12,13). The Bertz CT molecular complexity index is 287. The van der Waals surface area contributed by atoms with Crippen molar-refractivity contribution in [2.45, 2.75) is 19.4 Å². The number of benzene rings is 1. The van der Waals surface area contributed by atoms with E-state index >= 15 is 0 Å². The minimum absolute atomic E-state index is 0.0169. The second kappa shape index (κ2) is 5.70. The van der Waals surface area contributed by atoms with Crippen LogP contribution in [0.4, 0.5) is 0 Å². The Hall–Kier alpha value is -0.960. The van der Waals surface area contributed by atoms with Crippen molar-refractivity contribution in [3.05, 3.63) is 35.9 Å². The number of nitrogens with one attached hydrogen (secondary N) is 1. The summed E-state index contributed by atoms with van der Waals surface area (Å²) in [6, 6.07) is 10.3. The van der Waals surface area contributed by atoms with Crippen LogP contribution in [0.2, 0.25) is 0 Å². The molecular weight excluding hydrogens is 194 g/mol. The maximum absolute atomic E-state index is 11.0. The molecule has 1 N–H and O–H groups in total. The van der Waals surface area contributed by atoms with Crippen LogP contribution in [-0.4, -0.2) is 17.7 Å². The van der Waals surface area contributed by atoms with Crippen molar-refractivity contribution < 1.29 is 4.79 Å². The van der Waals surface area contributed by atoms with Crippen molar-refractivity contribution in [1.29, 1.82) is 0 Å². The number of carbonyl (C=O) groups excluding carboxylic acids is 1. The van der Waals surface area contributed by atoms with Crippen LogP contribution in [0.1, 0.15) is 12.5 Å². The zero-order chi connectivity index (χ0) is 10.4. The number of carbonyl (C=O) groups is 1. The van der Waals surface area contributed by atoms with Gasteiger partial charge >= 0.3 is 0 Å². The first-order chi connectivity index (χ1) is 6.72. The highest BCUT2D eigenvalue weighted by molar-refractivity contribution is 7.81. The quantitative estimate of drug-likeness (QED) is 0.726. The maximum atomic E-state index is 11.0. The van der Waals surface area contributed by atoms with Gasteiger partial charge in [-0.25, -0.2) is 0 Å². The Morgan fingerprint density at radius 2 is 2.07 bits per heavy atom. The molecule has 76 valence electrons. The Labute approximate surface area is 90.1 Å². The second-order valence-corrected chi connectivity index (χ2v) is 3.63. The molecule has 0 bridgehead atoms. The van der Waals surface area contributed by atoms with Crippen molar-refractivity contribution in [2.24, 2.45) is 0 Å². The molecule has 0 aliphatic heterocycles. The Morgan fingerprint density at radius 1 is 1.43 bits per heavy atom. The van der Waals surface area contributed by atoms with Gasteiger partial charge < -0.3 is 5.32 Å². The lowest BCUT2D eigenvalue weighted by Gasteiger charge is -2.12. The molecule has 0 radical (unpaired) electrons. The van der Waals surface area contributed by atoms with Gasteiger partial charge in [-0.05, 0) is 18.9 Å². The fourth-order valence-electron chi connectivity index (χ4n) is 1.34. The summed E-state index contributed by atoms with van der Waals surface area (Å²) in [4.78, 5) is 11.0. The molecule has 14 heavy (non-hydrogen) atoms. The van der Waals surface area contributed by atoms with Gasteiger partial charge in [-0.1, -0.05) is 30.3 Å². The highest BCUT2D eigenvalue weighted by atomic mass is 32.1. The van der Waals surface area contributed by atoms with Crippen molar-refractivity contribution in [2.75, 3.05) is 5.75 Å². The van der Waals surface area contributed by atoms with E-state index in [1.54, 1.807) is 0 Å². The van der Waals surface area contributed by atoms with E-state index in [2.05, 4.69) is 30.1 Å². The molecule has 0 aromatic heterocycles. The summed E-state index contributed by atoms with van der Waals surface area (Å²) in [7, 11) is 0. The predicted molar refractivity (Wildman–Crippen MR) is 61.6 cm³/mol. The van der Waals surface area contributed by atoms with Crippen molar-refractivity contribution in [3.63, 3.8) is 0 Å². The summed E-state index contributed by atoms with van der Waals surface area (Å²) in [5.41, 5.74) is 1.24. The molecule has 0 saturated carbocycles.